The number of hydrogen-bond acceptors (Lipinski definition) is 5. The van der Waals surface area contributed by atoms with Crippen molar-refractivity contribution in [2.45, 2.75) is 12.5 Å². The first-order valence-electron chi connectivity index (χ1n) is 9.64. The van der Waals surface area contributed by atoms with Gasteiger partial charge in [-0.2, -0.15) is 0 Å². The number of imidazole rings is 1. The molecule has 1 N–H and O–H groups in total. The second-order valence-electron chi connectivity index (χ2n) is 7.00. The Kier molecular flexibility index (Phi) is 6.48. The van der Waals surface area contributed by atoms with Crippen molar-refractivity contribution < 1.29 is 9.53 Å². The van der Waals surface area contributed by atoms with Crippen LogP contribution in [-0.2, 0) is 18.3 Å². The van der Waals surface area contributed by atoms with Crippen LogP contribution in [0.4, 0.5) is 0 Å². The summed E-state index contributed by atoms with van der Waals surface area (Å²) in [5, 5.41) is 5.93. The molecular weight excluding hydrogens is 476 g/mol. The molecule has 0 aliphatic rings. The standard InChI is InChI=1S/C23H21BrN4O2S/c1-28-11-10-25-22(28)21(15-6-8-19(30-2)9-7-15)27-20(29)13-18-14-31-23(26-18)16-4-3-5-17(24)12-16/h3-12,14,21H,13H2,1-2H3,(H,27,29). The highest BCUT2D eigenvalue weighted by Crippen LogP contribution is 2.27. The zero-order valence-corrected chi connectivity index (χ0v) is 19.5. The maximum atomic E-state index is 12.9. The van der Waals surface area contributed by atoms with Gasteiger partial charge in [-0.1, -0.05) is 40.2 Å². The van der Waals surface area contributed by atoms with Gasteiger partial charge in [0, 0.05) is 34.9 Å². The van der Waals surface area contributed by atoms with E-state index in [1.807, 2.05) is 71.7 Å². The number of aromatic nitrogens is 3. The number of hydrogen-bond donors (Lipinski definition) is 1. The van der Waals surface area contributed by atoms with Crippen LogP contribution in [0.3, 0.4) is 0 Å². The minimum atomic E-state index is -0.374. The van der Waals surface area contributed by atoms with E-state index in [2.05, 4.69) is 31.2 Å². The first-order chi connectivity index (χ1) is 15.0. The van der Waals surface area contributed by atoms with Gasteiger partial charge in [-0.3, -0.25) is 4.79 Å². The molecule has 0 bridgehead atoms. The zero-order valence-electron chi connectivity index (χ0n) is 17.1. The molecule has 1 unspecified atom stereocenters. The fraction of sp³-hybridized carbons (Fsp3) is 0.174. The second kappa shape index (κ2) is 9.45. The van der Waals surface area contributed by atoms with Crippen LogP contribution in [0.2, 0.25) is 0 Å². The molecule has 0 spiro atoms. The fourth-order valence-corrected chi connectivity index (χ4v) is 4.48. The van der Waals surface area contributed by atoms with Gasteiger partial charge in [0.15, 0.2) is 0 Å². The van der Waals surface area contributed by atoms with Gasteiger partial charge in [-0.05, 0) is 29.8 Å². The highest BCUT2D eigenvalue weighted by molar-refractivity contribution is 9.10. The number of nitrogens with zero attached hydrogens (tertiary/aromatic N) is 3. The maximum Gasteiger partial charge on any atom is 0.226 e. The third-order valence-corrected chi connectivity index (χ3v) is 6.27. The SMILES string of the molecule is COc1ccc(C(NC(=O)Cc2csc(-c3cccc(Br)c3)n2)c2nccn2C)cc1. The van der Waals surface area contributed by atoms with Crippen molar-refractivity contribution in [2.24, 2.45) is 7.05 Å². The number of carbonyl (C=O) groups excluding carboxylic acids is 1. The van der Waals surface area contributed by atoms with Gasteiger partial charge in [0.1, 0.15) is 22.6 Å². The molecule has 8 heteroatoms. The molecule has 0 radical (unpaired) electrons. The Labute approximate surface area is 193 Å². The van der Waals surface area contributed by atoms with Crippen molar-refractivity contribution in [1.29, 1.82) is 0 Å². The Bertz CT molecular complexity index is 1190. The molecule has 0 fully saturated rings. The fourth-order valence-electron chi connectivity index (χ4n) is 3.27. The summed E-state index contributed by atoms with van der Waals surface area (Å²) in [7, 11) is 3.54. The summed E-state index contributed by atoms with van der Waals surface area (Å²) in [6.07, 6.45) is 3.78. The van der Waals surface area contributed by atoms with Crippen molar-refractivity contribution in [3.05, 3.63) is 87.9 Å². The molecule has 158 valence electrons. The lowest BCUT2D eigenvalue weighted by Crippen LogP contribution is -2.32. The molecule has 4 aromatic rings. The molecular formula is C23H21BrN4O2S. The molecule has 4 rings (SSSR count). The average Bonchev–Trinajstić information content (AvgIpc) is 3.41. The van der Waals surface area contributed by atoms with Crippen LogP contribution in [-0.4, -0.2) is 27.6 Å². The lowest BCUT2D eigenvalue weighted by Gasteiger charge is -2.19. The molecule has 0 aliphatic heterocycles. The molecule has 1 amide bonds. The van der Waals surface area contributed by atoms with E-state index in [1.54, 1.807) is 13.3 Å². The van der Waals surface area contributed by atoms with Crippen LogP contribution in [0.15, 0.2) is 70.8 Å². The first-order valence-corrected chi connectivity index (χ1v) is 11.3. The average molecular weight is 497 g/mol. The van der Waals surface area contributed by atoms with Crippen LogP contribution in [0.5, 0.6) is 5.75 Å². The number of ether oxygens (including phenoxy) is 1. The summed E-state index contributed by atoms with van der Waals surface area (Å²) in [4.78, 5) is 22.0. The van der Waals surface area contributed by atoms with E-state index in [1.165, 1.54) is 11.3 Å². The number of halogens is 1. The smallest absolute Gasteiger partial charge is 0.226 e. The normalized spacial score (nSPS) is 11.8. The van der Waals surface area contributed by atoms with Gasteiger partial charge in [0.25, 0.3) is 0 Å². The number of rotatable bonds is 7. The summed E-state index contributed by atoms with van der Waals surface area (Å²) in [6, 6.07) is 15.2. The lowest BCUT2D eigenvalue weighted by atomic mass is 10.1. The third-order valence-electron chi connectivity index (χ3n) is 4.84. The van der Waals surface area contributed by atoms with Crippen LogP contribution in [0.25, 0.3) is 10.6 Å². The van der Waals surface area contributed by atoms with Gasteiger partial charge in [0.2, 0.25) is 5.91 Å². The van der Waals surface area contributed by atoms with Crippen LogP contribution in [0.1, 0.15) is 23.1 Å². The maximum absolute atomic E-state index is 12.9. The molecule has 31 heavy (non-hydrogen) atoms. The van der Waals surface area contributed by atoms with Gasteiger partial charge >= 0.3 is 0 Å². The molecule has 2 aromatic heterocycles. The summed E-state index contributed by atoms with van der Waals surface area (Å²) in [5.41, 5.74) is 2.69. The highest BCUT2D eigenvalue weighted by atomic mass is 79.9. The lowest BCUT2D eigenvalue weighted by molar-refractivity contribution is -0.121. The quantitative estimate of drug-likeness (QED) is 0.400. The second-order valence-corrected chi connectivity index (χ2v) is 8.77. The molecule has 0 saturated heterocycles. The summed E-state index contributed by atoms with van der Waals surface area (Å²) < 4.78 is 8.15. The van der Waals surface area contributed by atoms with E-state index in [4.69, 9.17) is 4.74 Å². The predicted octanol–water partition coefficient (Wildman–Crippen LogP) is 4.76. The minimum absolute atomic E-state index is 0.116. The van der Waals surface area contributed by atoms with E-state index in [0.717, 1.165) is 37.9 Å². The monoisotopic (exact) mass is 496 g/mol. The van der Waals surface area contributed by atoms with E-state index in [-0.39, 0.29) is 18.4 Å². The summed E-state index contributed by atoms with van der Waals surface area (Å²) in [5.74, 6) is 1.40. The van der Waals surface area contributed by atoms with Crippen LogP contribution >= 0.6 is 27.3 Å². The predicted molar refractivity (Wildman–Crippen MR) is 125 cm³/mol. The number of thiazole rings is 1. The molecule has 0 aliphatic carbocycles. The van der Waals surface area contributed by atoms with E-state index >= 15 is 0 Å². The van der Waals surface area contributed by atoms with Crippen molar-refractivity contribution >= 4 is 33.2 Å². The zero-order chi connectivity index (χ0) is 21.8. The molecule has 2 aromatic carbocycles. The first kappa shape index (κ1) is 21.3. The highest BCUT2D eigenvalue weighted by Gasteiger charge is 2.21. The summed E-state index contributed by atoms with van der Waals surface area (Å²) >= 11 is 5.02. The Hall–Kier alpha value is -2.97. The molecule has 1 atom stereocenters. The molecule has 0 saturated carbocycles. The van der Waals surface area contributed by atoms with E-state index < -0.39 is 0 Å². The van der Waals surface area contributed by atoms with Crippen LogP contribution < -0.4 is 10.1 Å². The van der Waals surface area contributed by atoms with Gasteiger partial charge in [-0.25, -0.2) is 9.97 Å². The number of benzene rings is 2. The van der Waals surface area contributed by atoms with E-state index in [0.29, 0.717) is 0 Å². The minimum Gasteiger partial charge on any atom is -0.497 e. The Morgan fingerprint density at radius 2 is 2.06 bits per heavy atom. The van der Waals surface area contributed by atoms with Gasteiger partial charge in [0.05, 0.1) is 19.2 Å². The topological polar surface area (TPSA) is 69.0 Å². The largest absolute Gasteiger partial charge is 0.497 e. The molecule has 2 heterocycles. The van der Waals surface area contributed by atoms with Crippen molar-refractivity contribution in [3.63, 3.8) is 0 Å². The van der Waals surface area contributed by atoms with Gasteiger partial charge < -0.3 is 14.6 Å². The van der Waals surface area contributed by atoms with Crippen molar-refractivity contribution in [2.75, 3.05) is 7.11 Å². The van der Waals surface area contributed by atoms with Crippen molar-refractivity contribution in [3.8, 4) is 16.3 Å². The van der Waals surface area contributed by atoms with E-state index in [9.17, 15) is 4.79 Å². The Balaban J connectivity index is 1.52. The third kappa shape index (κ3) is 5.03. The Morgan fingerprint density at radius 1 is 1.26 bits per heavy atom. The van der Waals surface area contributed by atoms with Gasteiger partial charge in [-0.15, -0.1) is 11.3 Å². The number of aryl methyl sites for hydroxylation is 1. The molecule has 6 nitrogen and oxygen atoms in total. The number of amides is 1. The van der Waals surface area contributed by atoms with Crippen LogP contribution in [0, 0.1) is 0 Å². The van der Waals surface area contributed by atoms with Crippen molar-refractivity contribution in [1.82, 2.24) is 19.9 Å². The Morgan fingerprint density at radius 3 is 2.74 bits per heavy atom. The summed E-state index contributed by atoms with van der Waals surface area (Å²) in [6.45, 7) is 0. The number of nitrogens with one attached hydrogen (secondary N) is 1. The number of methoxy groups -OCH3 is 1. The number of carbonyl (C=O) groups is 1.